The largest absolute Gasteiger partial charge is 0.298 e. The first-order valence-electron chi connectivity index (χ1n) is 3.80. The van der Waals surface area contributed by atoms with E-state index in [1.807, 2.05) is 6.07 Å². The minimum absolute atomic E-state index is 0.149. The van der Waals surface area contributed by atoms with Gasteiger partial charge in [0.2, 0.25) is 0 Å². The number of Topliss-reactive ketones (excluding diaryl/α,β-unsaturated/α-hetero) is 1. The minimum atomic E-state index is -0.149. The van der Waals surface area contributed by atoms with Crippen LogP contribution in [0.5, 0.6) is 0 Å². The molecule has 4 heteroatoms. The molecule has 0 saturated carbocycles. The number of benzene rings is 1. The summed E-state index contributed by atoms with van der Waals surface area (Å²) in [7, 11) is 0. The van der Waals surface area contributed by atoms with E-state index in [0.717, 1.165) is 0 Å². The monoisotopic (exact) mass is 251 g/mol. The van der Waals surface area contributed by atoms with Gasteiger partial charge in [0.1, 0.15) is 0 Å². The third kappa shape index (κ3) is 1.88. The second-order valence-electron chi connectivity index (χ2n) is 2.71. The highest BCUT2D eigenvalue weighted by molar-refractivity contribution is 9.10. The zero-order valence-corrected chi connectivity index (χ0v) is 8.96. The molecule has 1 rings (SSSR count). The highest BCUT2D eigenvalue weighted by Crippen LogP contribution is 2.21. The molecule has 0 aliphatic carbocycles. The van der Waals surface area contributed by atoms with Crippen molar-refractivity contribution in [3.63, 3.8) is 0 Å². The molecule has 0 radical (unpaired) electrons. The lowest BCUT2D eigenvalue weighted by Crippen LogP contribution is -1.98. The van der Waals surface area contributed by atoms with E-state index in [-0.39, 0.29) is 16.9 Å². The van der Waals surface area contributed by atoms with Crippen LogP contribution in [0.4, 0.5) is 0 Å². The molecule has 0 N–H and O–H groups in total. The molecule has 0 bridgehead atoms. The average molecular weight is 252 g/mol. The summed E-state index contributed by atoms with van der Waals surface area (Å²) >= 11 is 3.16. The van der Waals surface area contributed by atoms with Crippen LogP contribution in [0.3, 0.4) is 0 Å². The first kappa shape index (κ1) is 10.6. The number of carbonyl (C=O) groups excluding carboxylic acids is 2. The lowest BCUT2D eigenvalue weighted by Gasteiger charge is -2.02. The predicted molar refractivity (Wildman–Crippen MR) is 54.2 cm³/mol. The van der Waals surface area contributed by atoms with Crippen molar-refractivity contribution >= 4 is 28.0 Å². The summed E-state index contributed by atoms with van der Waals surface area (Å²) in [6.45, 7) is 1.40. The maximum absolute atomic E-state index is 11.1. The summed E-state index contributed by atoms with van der Waals surface area (Å²) in [6, 6.07) is 4.77. The van der Waals surface area contributed by atoms with E-state index < -0.39 is 0 Å². The van der Waals surface area contributed by atoms with E-state index in [9.17, 15) is 9.59 Å². The summed E-state index contributed by atoms with van der Waals surface area (Å²) < 4.78 is 0.534. The SMILES string of the molecule is CC(=O)c1cc(C=O)c(C#N)cc1Br. The van der Waals surface area contributed by atoms with Gasteiger partial charge in [-0.2, -0.15) is 5.26 Å². The smallest absolute Gasteiger partial charge is 0.160 e. The number of halogens is 1. The molecule has 0 aliphatic heterocycles. The van der Waals surface area contributed by atoms with Crippen LogP contribution in [0.25, 0.3) is 0 Å². The van der Waals surface area contributed by atoms with Crippen LogP contribution in [-0.4, -0.2) is 12.1 Å². The van der Waals surface area contributed by atoms with Crippen molar-refractivity contribution in [3.05, 3.63) is 33.3 Å². The van der Waals surface area contributed by atoms with Crippen molar-refractivity contribution in [2.45, 2.75) is 6.92 Å². The van der Waals surface area contributed by atoms with Crippen LogP contribution < -0.4 is 0 Å². The number of nitrogens with zero attached hydrogens (tertiary/aromatic N) is 1. The third-order valence-electron chi connectivity index (χ3n) is 1.77. The highest BCUT2D eigenvalue weighted by atomic mass is 79.9. The Bertz CT molecular complexity index is 445. The molecular weight excluding hydrogens is 246 g/mol. The topological polar surface area (TPSA) is 57.9 Å². The molecular formula is C10H6BrNO2. The number of rotatable bonds is 2. The third-order valence-corrected chi connectivity index (χ3v) is 2.42. The average Bonchev–Trinajstić information content (AvgIpc) is 2.16. The zero-order valence-electron chi connectivity index (χ0n) is 7.37. The van der Waals surface area contributed by atoms with Gasteiger partial charge >= 0.3 is 0 Å². The van der Waals surface area contributed by atoms with Gasteiger partial charge in [-0.05, 0) is 19.1 Å². The van der Waals surface area contributed by atoms with Gasteiger partial charge in [-0.25, -0.2) is 0 Å². The second kappa shape index (κ2) is 4.16. The number of hydrogen-bond donors (Lipinski definition) is 0. The molecule has 0 atom stereocenters. The highest BCUT2D eigenvalue weighted by Gasteiger charge is 2.10. The Labute approximate surface area is 89.5 Å². The van der Waals surface area contributed by atoms with E-state index in [0.29, 0.717) is 16.3 Å². The van der Waals surface area contributed by atoms with E-state index in [4.69, 9.17) is 5.26 Å². The van der Waals surface area contributed by atoms with E-state index in [2.05, 4.69) is 15.9 Å². The molecule has 0 amide bonds. The maximum Gasteiger partial charge on any atom is 0.160 e. The summed E-state index contributed by atoms with van der Waals surface area (Å²) in [6.07, 6.45) is 0.567. The first-order valence-corrected chi connectivity index (χ1v) is 4.59. The molecule has 0 aromatic heterocycles. The maximum atomic E-state index is 11.1. The van der Waals surface area contributed by atoms with Crippen molar-refractivity contribution in [2.75, 3.05) is 0 Å². The quantitative estimate of drug-likeness (QED) is 0.599. The Balaban J connectivity index is 3.47. The number of nitriles is 1. The van der Waals surface area contributed by atoms with Crippen LogP contribution in [0.1, 0.15) is 33.2 Å². The molecule has 70 valence electrons. The number of aldehydes is 1. The molecule has 0 saturated heterocycles. The van der Waals surface area contributed by atoms with Gasteiger partial charge in [0, 0.05) is 15.6 Å². The second-order valence-corrected chi connectivity index (χ2v) is 3.56. The number of ketones is 1. The van der Waals surface area contributed by atoms with Gasteiger partial charge in [0.25, 0.3) is 0 Å². The van der Waals surface area contributed by atoms with Gasteiger partial charge in [-0.3, -0.25) is 9.59 Å². The van der Waals surface area contributed by atoms with Crippen LogP contribution in [0.2, 0.25) is 0 Å². The van der Waals surface area contributed by atoms with Crippen molar-refractivity contribution in [2.24, 2.45) is 0 Å². The molecule has 0 heterocycles. The Hall–Kier alpha value is -1.47. The fourth-order valence-corrected chi connectivity index (χ4v) is 1.68. The number of carbonyl (C=O) groups is 2. The van der Waals surface area contributed by atoms with Crippen LogP contribution in [0.15, 0.2) is 16.6 Å². The lowest BCUT2D eigenvalue weighted by atomic mass is 10.0. The lowest BCUT2D eigenvalue weighted by molar-refractivity contribution is 0.101. The van der Waals surface area contributed by atoms with Crippen LogP contribution in [0, 0.1) is 11.3 Å². The van der Waals surface area contributed by atoms with E-state index in [1.54, 1.807) is 0 Å². The fraction of sp³-hybridized carbons (Fsp3) is 0.100. The Morgan fingerprint density at radius 3 is 2.64 bits per heavy atom. The summed E-state index contributed by atoms with van der Waals surface area (Å²) in [5.41, 5.74) is 0.906. The predicted octanol–water partition coefficient (Wildman–Crippen LogP) is 2.34. The van der Waals surface area contributed by atoms with Crippen molar-refractivity contribution in [3.8, 4) is 6.07 Å². The Morgan fingerprint density at radius 1 is 1.57 bits per heavy atom. The van der Waals surface area contributed by atoms with E-state index in [1.165, 1.54) is 19.1 Å². The normalized spacial score (nSPS) is 9.21. The van der Waals surface area contributed by atoms with Gasteiger partial charge in [-0.1, -0.05) is 15.9 Å². The summed E-state index contributed by atoms with van der Waals surface area (Å²) in [5, 5.41) is 8.69. The van der Waals surface area contributed by atoms with Gasteiger partial charge < -0.3 is 0 Å². The summed E-state index contributed by atoms with van der Waals surface area (Å²) in [5.74, 6) is -0.149. The minimum Gasteiger partial charge on any atom is -0.298 e. The van der Waals surface area contributed by atoms with Gasteiger partial charge in [-0.15, -0.1) is 0 Å². The van der Waals surface area contributed by atoms with Crippen LogP contribution >= 0.6 is 15.9 Å². The molecule has 3 nitrogen and oxygen atoms in total. The van der Waals surface area contributed by atoms with Crippen molar-refractivity contribution in [1.82, 2.24) is 0 Å². The van der Waals surface area contributed by atoms with Crippen molar-refractivity contribution < 1.29 is 9.59 Å². The zero-order chi connectivity index (χ0) is 10.7. The van der Waals surface area contributed by atoms with Gasteiger partial charge in [0.05, 0.1) is 11.6 Å². The molecule has 1 aromatic carbocycles. The Kier molecular flexibility index (Phi) is 3.15. The Morgan fingerprint density at radius 2 is 2.21 bits per heavy atom. The number of hydrogen-bond acceptors (Lipinski definition) is 3. The molecule has 0 aliphatic rings. The van der Waals surface area contributed by atoms with Gasteiger partial charge in [0.15, 0.2) is 12.1 Å². The van der Waals surface area contributed by atoms with Crippen molar-refractivity contribution in [1.29, 1.82) is 5.26 Å². The summed E-state index contributed by atoms with van der Waals surface area (Å²) in [4.78, 5) is 21.7. The van der Waals surface area contributed by atoms with E-state index >= 15 is 0 Å². The van der Waals surface area contributed by atoms with Crippen LogP contribution in [-0.2, 0) is 0 Å². The first-order chi connectivity index (χ1) is 6.60. The fourth-order valence-electron chi connectivity index (χ4n) is 1.05. The molecule has 1 aromatic rings. The molecule has 14 heavy (non-hydrogen) atoms. The standard InChI is InChI=1S/C10H6BrNO2/c1-6(14)9-2-8(5-13)7(4-12)3-10(9)11/h2-3,5H,1H3. The molecule has 0 unspecified atom stereocenters. The molecule has 0 fully saturated rings. The molecule has 0 spiro atoms.